The molecule has 0 bridgehead atoms. The third kappa shape index (κ3) is 8.09. The minimum absolute atomic E-state index is 0. The van der Waals surface area contributed by atoms with E-state index >= 15 is 0 Å². The quantitative estimate of drug-likeness (QED) is 0.174. The SMILES string of the molecule is CCOC(c1ccc(C(=O)NC(CCSC)C(=O)O)c(-c2ccccc2C)c1)c1ccc(-c2ccc(Cl)cc2)o1.[LiH]. The number of hydrogen-bond acceptors (Lipinski definition) is 5. The summed E-state index contributed by atoms with van der Waals surface area (Å²) in [6.45, 7) is 4.34. The molecule has 0 aliphatic carbocycles. The first-order chi connectivity index (χ1) is 19.3. The molecule has 9 heteroatoms. The van der Waals surface area contributed by atoms with Crippen molar-refractivity contribution in [3.63, 3.8) is 0 Å². The number of thioether (sulfide) groups is 1. The number of benzene rings is 3. The van der Waals surface area contributed by atoms with E-state index in [9.17, 15) is 14.7 Å². The van der Waals surface area contributed by atoms with Gasteiger partial charge in [0, 0.05) is 22.8 Å². The second-order valence-corrected chi connectivity index (χ2v) is 10.7. The van der Waals surface area contributed by atoms with Crippen molar-refractivity contribution in [2.75, 3.05) is 18.6 Å². The number of nitrogens with one attached hydrogen (secondary N) is 1. The molecule has 4 rings (SSSR count). The second-order valence-electron chi connectivity index (χ2n) is 9.31. The summed E-state index contributed by atoms with van der Waals surface area (Å²) in [7, 11) is 0. The number of ether oxygens (including phenoxy) is 1. The maximum absolute atomic E-state index is 13.4. The molecule has 1 aromatic heterocycles. The van der Waals surface area contributed by atoms with E-state index in [1.54, 1.807) is 6.07 Å². The first kappa shape index (κ1) is 32.6. The van der Waals surface area contributed by atoms with Crippen LogP contribution in [0.3, 0.4) is 0 Å². The first-order valence-electron chi connectivity index (χ1n) is 13.0. The van der Waals surface area contributed by atoms with Gasteiger partial charge in [0.2, 0.25) is 0 Å². The average Bonchev–Trinajstić information content (AvgIpc) is 3.44. The van der Waals surface area contributed by atoms with Crippen LogP contribution in [0.5, 0.6) is 0 Å². The van der Waals surface area contributed by atoms with Gasteiger partial charge in [-0.25, -0.2) is 4.79 Å². The zero-order chi connectivity index (χ0) is 28.6. The molecular weight excluding hydrogens is 553 g/mol. The summed E-state index contributed by atoms with van der Waals surface area (Å²) in [6.07, 6.45) is 1.72. The van der Waals surface area contributed by atoms with Gasteiger partial charge in [-0.15, -0.1) is 0 Å². The maximum atomic E-state index is 13.4. The third-order valence-electron chi connectivity index (χ3n) is 6.59. The molecule has 210 valence electrons. The Morgan fingerprint density at radius 1 is 1.02 bits per heavy atom. The topological polar surface area (TPSA) is 88.8 Å². The van der Waals surface area contributed by atoms with Gasteiger partial charge in [-0.1, -0.05) is 41.9 Å². The van der Waals surface area contributed by atoms with Gasteiger partial charge < -0.3 is 19.6 Å². The Morgan fingerprint density at radius 3 is 2.41 bits per heavy atom. The molecule has 1 heterocycles. The van der Waals surface area contributed by atoms with Crippen molar-refractivity contribution in [1.29, 1.82) is 0 Å². The molecule has 1 amide bonds. The second kappa shape index (κ2) is 15.3. The van der Waals surface area contributed by atoms with Gasteiger partial charge in [0.1, 0.15) is 23.7 Å². The molecule has 6 nitrogen and oxygen atoms in total. The van der Waals surface area contributed by atoms with Crippen LogP contribution in [0.15, 0.2) is 83.3 Å². The Morgan fingerprint density at radius 2 is 1.76 bits per heavy atom. The zero-order valence-electron chi connectivity index (χ0n) is 22.6. The van der Waals surface area contributed by atoms with Crippen LogP contribution in [0.25, 0.3) is 22.5 Å². The molecule has 0 radical (unpaired) electrons. The molecule has 4 aromatic rings. The van der Waals surface area contributed by atoms with E-state index in [1.165, 1.54) is 11.8 Å². The van der Waals surface area contributed by atoms with E-state index in [0.29, 0.717) is 46.5 Å². The van der Waals surface area contributed by atoms with Crippen LogP contribution in [0, 0.1) is 6.92 Å². The summed E-state index contributed by atoms with van der Waals surface area (Å²) < 4.78 is 12.4. The Balaban J connectivity index is 0.00000462. The predicted molar refractivity (Wildman–Crippen MR) is 168 cm³/mol. The Kier molecular flexibility index (Phi) is 12.2. The van der Waals surface area contributed by atoms with Gasteiger partial charge in [0.05, 0.1) is 0 Å². The van der Waals surface area contributed by atoms with Crippen molar-refractivity contribution in [3.05, 3.63) is 106 Å². The fraction of sp³-hybridized carbons (Fsp3) is 0.250. The van der Waals surface area contributed by atoms with Crippen LogP contribution >= 0.6 is 23.4 Å². The summed E-state index contributed by atoms with van der Waals surface area (Å²) in [5.41, 5.74) is 4.66. The number of aliphatic carboxylic acids is 1. The first-order valence-corrected chi connectivity index (χ1v) is 14.8. The van der Waals surface area contributed by atoms with Gasteiger partial charge in [0.15, 0.2) is 0 Å². The van der Waals surface area contributed by atoms with Crippen molar-refractivity contribution in [1.82, 2.24) is 5.32 Å². The van der Waals surface area contributed by atoms with E-state index in [2.05, 4.69) is 5.32 Å². The molecule has 2 unspecified atom stereocenters. The van der Waals surface area contributed by atoms with Crippen molar-refractivity contribution in [2.24, 2.45) is 0 Å². The third-order valence-corrected chi connectivity index (χ3v) is 7.48. The number of carboxylic acids is 1. The Hall–Kier alpha value is -2.92. The predicted octanol–water partition coefficient (Wildman–Crippen LogP) is 6.99. The number of carbonyl (C=O) groups is 2. The number of rotatable bonds is 12. The molecular formula is C32H33ClLiNO5S. The van der Waals surface area contributed by atoms with Crippen LogP contribution in [0.1, 0.15) is 46.7 Å². The number of furan rings is 1. The summed E-state index contributed by atoms with van der Waals surface area (Å²) >= 11 is 7.58. The van der Waals surface area contributed by atoms with E-state index in [1.807, 2.05) is 92.9 Å². The van der Waals surface area contributed by atoms with Gasteiger partial charge in [-0.3, -0.25) is 4.79 Å². The summed E-state index contributed by atoms with van der Waals surface area (Å²) in [5, 5.41) is 13.0. The minimum atomic E-state index is -1.05. The Labute approximate surface area is 262 Å². The normalized spacial score (nSPS) is 12.3. The van der Waals surface area contributed by atoms with Gasteiger partial charge in [-0.2, -0.15) is 11.8 Å². The Bertz CT molecular complexity index is 1470. The molecule has 2 N–H and O–H groups in total. The fourth-order valence-corrected chi connectivity index (χ4v) is 5.12. The van der Waals surface area contributed by atoms with Crippen molar-refractivity contribution < 1.29 is 23.8 Å². The number of carboxylic acid groups (broad SMARTS) is 1. The van der Waals surface area contributed by atoms with Gasteiger partial charge in [-0.05, 0) is 103 Å². The summed E-state index contributed by atoms with van der Waals surface area (Å²) in [5.74, 6) is 0.452. The van der Waals surface area contributed by atoms with Crippen LogP contribution in [0.2, 0.25) is 5.02 Å². The molecule has 0 aliphatic heterocycles. The number of halogens is 1. The average molecular weight is 586 g/mol. The molecule has 0 saturated carbocycles. The fourth-order valence-electron chi connectivity index (χ4n) is 4.52. The summed E-state index contributed by atoms with van der Waals surface area (Å²) in [6, 6.07) is 23.5. The van der Waals surface area contributed by atoms with Crippen molar-refractivity contribution in [3.8, 4) is 22.5 Å². The number of carbonyl (C=O) groups excluding carboxylic acids is 1. The van der Waals surface area contributed by atoms with Crippen molar-refractivity contribution in [2.45, 2.75) is 32.4 Å². The molecule has 0 saturated heterocycles. The van der Waals surface area contributed by atoms with Gasteiger partial charge >= 0.3 is 24.8 Å². The van der Waals surface area contributed by atoms with Crippen LogP contribution in [0.4, 0.5) is 0 Å². The number of amides is 1. The van der Waals surface area contributed by atoms with E-state index < -0.39 is 24.0 Å². The molecule has 3 aromatic carbocycles. The van der Waals surface area contributed by atoms with Crippen molar-refractivity contribution >= 4 is 54.1 Å². The van der Waals surface area contributed by atoms with Crippen LogP contribution in [-0.4, -0.2) is 60.5 Å². The number of aryl methyl sites for hydroxylation is 1. The molecule has 0 aliphatic rings. The van der Waals surface area contributed by atoms with Gasteiger partial charge in [0.25, 0.3) is 5.91 Å². The molecule has 0 spiro atoms. The molecule has 0 fully saturated rings. The molecule has 41 heavy (non-hydrogen) atoms. The zero-order valence-corrected chi connectivity index (χ0v) is 24.2. The van der Waals surface area contributed by atoms with Crippen LogP contribution < -0.4 is 5.32 Å². The monoisotopic (exact) mass is 585 g/mol. The van der Waals surface area contributed by atoms with E-state index in [-0.39, 0.29) is 18.9 Å². The van der Waals surface area contributed by atoms with E-state index in [0.717, 1.165) is 22.3 Å². The van der Waals surface area contributed by atoms with E-state index in [4.69, 9.17) is 20.8 Å². The number of hydrogen-bond donors (Lipinski definition) is 2. The van der Waals surface area contributed by atoms with Crippen LogP contribution in [-0.2, 0) is 9.53 Å². The molecule has 2 atom stereocenters. The summed E-state index contributed by atoms with van der Waals surface area (Å²) in [4.78, 5) is 25.3. The standard InChI is InChI=1S/C32H32ClNO5S.Li.H/c1-4-38-30(29-16-15-28(39-29)21-9-12-23(33)13-10-21)22-11-14-25(26(19-22)24-8-6-5-7-20(24)2)31(35)34-27(32(36)37)17-18-40-3;;/h5-16,19,27,30H,4,17-18H2,1-3H3,(H,34,35)(H,36,37);;.